The number of ether oxygens (including phenoxy) is 1. The third-order valence-corrected chi connectivity index (χ3v) is 6.76. The minimum Gasteiger partial charge on any atom is -0.457 e. The molecule has 0 amide bonds. The summed E-state index contributed by atoms with van der Waals surface area (Å²) in [6.07, 6.45) is 3.61. The minimum absolute atomic E-state index is 0.249. The van der Waals surface area contributed by atoms with Crippen molar-refractivity contribution in [3.8, 4) is 23.0 Å². The van der Waals surface area contributed by atoms with Crippen LogP contribution in [0.1, 0.15) is 9.68 Å². The van der Waals surface area contributed by atoms with E-state index in [9.17, 15) is 0 Å². The molecule has 0 fully saturated rings. The zero-order valence-corrected chi connectivity index (χ0v) is 20.2. The number of hydrogen-bond donors (Lipinski definition) is 0. The Kier molecular flexibility index (Phi) is 4.15. The van der Waals surface area contributed by atoms with Crippen LogP contribution in [0.5, 0.6) is 11.5 Å². The summed E-state index contributed by atoms with van der Waals surface area (Å²) in [6.45, 7) is -2.22. The summed E-state index contributed by atoms with van der Waals surface area (Å²) < 4.78 is 36.3. The molecule has 0 bridgehead atoms. The van der Waals surface area contributed by atoms with Crippen molar-refractivity contribution in [1.82, 2.24) is 14.1 Å². The molecular weight excluding hydrogens is 456 g/mol. The number of hydrogen-bond acceptors (Lipinski definition) is 2. The topological polar surface area (TPSA) is 35.9 Å². The van der Waals surface area contributed by atoms with Crippen molar-refractivity contribution in [3.63, 3.8) is 0 Å². The number of benzene rings is 4. The van der Waals surface area contributed by atoms with Crippen LogP contribution in [0.4, 0.5) is 0 Å². The number of aryl methyl sites for hydroxylation is 2. The van der Waals surface area contributed by atoms with Crippen LogP contribution in [0, 0.1) is 6.85 Å². The van der Waals surface area contributed by atoms with Gasteiger partial charge >= 0.3 is 0 Å². The van der Waals surface area contributed by atoms with Gasteiger partial charge in [-0.05, 0) is 67.0 Å². The Morgan fingerprint density at radius 1 is 0.757 bits per heavy atom. The van der Waals surface area contributed by atoms with E-state index in [1.54, 1.807) is 18.3 Å². The highest BCUT2D eigenvalue weighted by Crippen LogP contribution is 2.35. The first-order valence-corrected chi connectivity index (χ1v) is 12.1. The van der Waals surface area contributed by atoms with Gasteiger partial charge in [-0.2, -0.15) is 4.57 Å². The lowest BCUT2D eigenvalue weighted by atomic mass is 10.1. The van der Waals surface area contributed by atoms with Crippen LogP contribution in [0.2, 0.25) is 0 Å². The zero-order valence-electron chi connectivity index (χ0n) is 23.2. The molecular formula is C32H25N4O+. The largest absolute Gasteiger partial charge is 0.457 e. The van der Waals surface area contributed by atoms with Gasteiger partial charge in [-0.15, -0.1) is 0 Å². The van der Waals surface area contributed by atoms with Crippen molar-refractivity contribution in [1.29, 1.82) is 0 Å². The Labute approximate surface area is 218 Å². The monoisotopic (exact) mass is 484 g/mol. The quantitative estimate of drug-likeness (QED) is 0.251. The molecule has 3 aromatic heterocycles. The molecule has 0 aliphatic heterocycles. The van der Waals surface area contributed by atoms with Gasteiger partial charge in [-0.25, -0.2) is 9.55 Å². The van der Waals surface area contributed by atoms with E-state index in [4.69, 9.17) is 8.85 Å². The lowest BCUT2D eigenvalue weighted by Gasteiger charge is -2.10. The second-order valence-corrected chi connectivity index (χ2v) is 9.12. The van der Waals surface area contributed by atoms with Gasteiger partial charge in [0.1, 0.15) is 23.0 Å². The molecule has 0 unspecified atom stereocenters. The van der Waals surface area contributed by atoms with Crippen molar-refractivity contribution in [3.05, 3.63) is 121 Å². The van der Waals surface area contributed by atoms with Crippen molar-refractivity contribution < 1.29 is 13.4 Å². The Bertz CT molecular complexity index is 2060. The molecule has 0 N–H and O–H groups in total. The average Bonchev–Trinajstić information content (AvgIpc) is 3.47. The summed E-state index contributed by atoms with van der Waals surface area (Å²) in [4.78, 5) is 4.55. The molecule has 3 heterocycles. The molecule has 4 aromatic carbocycles. The molecule has 7 aromatic rings. The summed E-state index contributed by atoms with van der Waals surface area (Å²) >= 11 is 0. The van der Waals surface area contributed by atoms with Crippen LogP contribution in [0.25, 0.3) is 44.3 Å². The normalized spacial score (nSPS) is 13.1. The summed E-state index contributed by atoms with van der Waals surface area (Å²) in [5, 5.41) is 2.09. The number of pyridine rings is 1. The highest BCUT2D eigenvalue weighted by molar-refractivity contribution is 6.09. The molecule has 178 valence electrons. The van der Waals surface area contributed by atoms with E-state index in [2.05, 4.69) is 44.7 Å². The summed E-state index contributed by atoms with van der Waals surface area (Å²) in [7, 11) is 2.04. The van der Waals surface area contributed by atoms with Gasteiger partial charge in [0.25, 0.3) is 0 Å². The summed E-state index contributed by atoms with van der Waals surface area (Å²) in [5.74, 6) is 1.93. The fourth-order valence-electron chi connectivity index (χ4n) is 5.10. The van der Waals surface area contributed by atoms with Crippen molar-refractivity contribution in [2.45, 2.75) is 6.85 Å². The van der Waals surface area contributed by atoms with Gasteiger partial charge in [0.15, 0.2) is 11.0 Å². The SMILES string of the molecule is [2H]C([2H])([2H])c1ccnc(-n2c3ccccc3c3ccc(Oc4cccc(-n5c[n+](C)c6ccccc65)c4)cc32)c1. The standard InChI is InChI=1S/C32H25N4O/c1-22-16-17-33-32(18-22)36-28-11-4-3-10-26(28)27-15-14-25(20-31(27)36)37-24-9-7-8-23(19-24)35-21-34(2)29-12-5-6-13-30(29)35/h3-21H,1-2H3/q+1/i1D3. The number of nitrogens with zero attached hydrogens (tertiary/aromatic N) is 4. The predicted molar refractivity (Wildman–Crippen MR) is 148 cm³/mol. The van der Waals surface area contributed by atoms with Crippen molar-refractivity contribution in [2.24, 2.45) is 7.05 Å². The first kappa shape index (κ1) is 18.4. The number of rotatable bonds is 4. The van der Waals surface area contributed by atoms with Crippen LogP contribution in [0.15, 0.2) is 116 Å². The van der Waals surface area contributed by atoms with Gasteiger partial charge in [0.05, 0.1) is 18.1 Å². The van der Waals surface area contributed by atoms with Gasteiger partial charge in [0.2, 0.25) is 6.33 Å². The van der Waals surface area contributed by atoms with Crippen LogP contribution in [-0.2, 0) is 7.05 Å². The zero-order chi connectivity index (χ0) is 27.4. The fraction of sp³-hybridized carbons (Fsp3) is 0.0625. The Morgan fingerprint density at radius 2 is 1.57 bits per heavy atom. The van der Waals surface area contributed by atoms with Gasteiger partial charge < -0.3 is 4.74 Å². The lowest BCUT2D eigenvalue weighted by Crippen LogP contribution is -2.25. The van der Waals surface area contributed by atoms with E-state index < -0.39 is 6.85 Å². The molecule has 0 saturated heterocycles. The average molecular weight is 485 g/mol. The third-order valence-electron chi connectivity index (χ3n) is 6.76. The molecule has 0 aliphatic carbocycles. The smallest absolute Gasteiger partial charge is 0.249 e. The Balaban J connectivity index is 1.33. The van der Waals surface area contributed by atoms with Crippen LogP contribution in [-0.4, -0.2) is 14.1 Å². The van der Waals surface area contributed by atoms with Crippen molar-refractivity contribution >= 4 is 32.8 Å². The summed E-state index contributed by atoms with van der Waals surface area (Å²) in [6, 6.07) is 33.5. The fourth-order valence-corrected chi connectivity index (χ4v) is 5.10. The van der Waals surface area contributed by atoms with Gasteiger partial charge in [-0.1, -0.05) is 36.4 Å². The second-order valence-electron chi connectivity index (χ2n) is 9.12. The molecule has 0 saturated carbocycles. The molecule has 0 atom stereocenters. The maximum Gasteiger partial charge on any atom is 0.249 e. The molecule has 0 radical (unpaired) electrons. The lowest BCUT2D eigenvalue weighted by molar-refractivity contribution is -0.645. The van der Waals surface area contributed by atoms with E-state index in [1.165, 1.54) is 0 Å². The maximum absolute atomic E-state index is 7.88. The van der Waals surface area contributed by atoms with Crippen molar-refractivity contribution in [2.75, 3.05) is 0 Å². The second kappa shape index (κ2) is 8.35. The van der Waals surface area contributed by atoms with Gasteiger partial charge in [0, 0.05) is 33.2 Å². The number of imidazole rings is 1. The highest BCUT2D eigenvalue weighted by atomic mass is 16.5. The molecule has 7 rings (SSSR count). The van der Waals surface area contributed by atoms with E-state index >= 15 is 0 Å². The number of para-hydroxylation sites is 3. The van der Waals surface area contributed by atoms with Crippen LogP contribution >= 0.6 is 0 Å². The molecule has 0 aliphatic rings. The molecule has 0 spiro atoms. The summed E-state index contributed by atoms with van der Waals surface area (Å²) in [5.41, 5.74) is 5.32. The molecule has 5 heteroatoms. The van der Waals surface area contributed by atoms with E-state index in [1.807, 2.05) is 78.3 Å². The molecule has 5 nitrogen and oxygen atoms in total. The van der Waals surface area contributed by atoms with Crippen LogP contribution < -0.4 is 9.30 Å². The minimum atomic E-state index is -2.22. The van der Waals surface area contributed by atoms with Gasteiger partial charge in [-0.3, -0.25) is 4.57 Å². The van der Waals surface area contributed by atoms with E-state index in [0.29, 0.717) is 17.3 Å². The van der Waals surface area contributed by atoms with E-state index in [-0.39, 0.29) is 5.56 Å². The Hall–Kier alpha value is -4.90. The Morgan fingerprint density at radius 3 is 2.49 bits per heavy atom. The third kappa shape index (κ3) is 3.55. The number of fused-ring (bicyclic) bond motifs is 4. The maximum atomic E-state index is 7.88. The first-order valence-electron chi connectivity index (χ1n) is 13.6. The number of aromatic nitrogens is 4. The van der Waals surface area contributed by atoms with E-state index in [0.717, 1.165) is 38.5 Å². The predicted octanol–water partition coefficient (Wildman–Crippen LogP) is 7.05. The molecule has 37 heavy (non-hydrogen) atoms. The first-order chi connectivity index (χ1) is 19.4. The van der Waals surface area contributed by atoms with Crippen LogP contribution in [0.3, 0.4) is 0 Å². The highest BCUT2D eigenvalue weighted by Gasteiger charge is 2.16.